The highest BCUT2D eigenvalue weighted by atomic mass is 79.9. The van der Waals surface area contributed by atoms with Gasteiger partial charge in [0, 0.05) is 16.6 Å². The van der Waals surface area contributed by atoms with Crippen molar-refractivity contribution in [3.8, 4) is 11.6 Å². The van der Waals surface area contributed by atoms with Crippen molar-refractivity contribution in [2.45, 2.75) is 6.92 Å². The molecule has 0 saturated heterocycles. The number of rotatable bonds is 2. The first-order chi connectivity index (χ1) is 8.06. The van der Waals surface area contributed by atoms with Crippen LogP contribution in [-0.4, -0.2) is 4.98 Å². The molecular formula is C12H8BrF2NO. The molecule has 0 aliphatic carbocycles. The van der Waals surface area contributed by atoms with Crippen molar-refractivity contribution in [3.63, 3.8) is 0 Å². The first-order valence-electron chi connectivity index (χ1n) is 4.82. The predicted molar refractivity (Wildman–Crippen MR) is 63.1 cm³/mol. The topological polar surface area (TPSA) is 22.1 Å². The van der Waals surface area contributed by atoms with Crippen molar-refractivity contribution in [1.82, 2.24) is 4.98 Å². The van der Waals surface area contributed by atoms with Crippen LogP contribution < -0.4 is 4.74 Å². The van der Waals surface area contributed by atoms with Crippen LogP contribution in [0.3, 0.4) is 0 Å². The average Bonchev–Trinajstić information content (AvgIpc) is 2.27. The molecule has 1 aromatic carbocycles. The molecule has 0 aliphatic heterocycles. The van der Waals surface area contributed by atoms with E-state index in [4.69, 9.17) is 4.74 Å². The van der Waals surface area contributed by atoms with E-state index in [0.29, 0.717) is 0 Å². The first kappa shape index (κ1) is 12.0. The Morgan fingerprint density at radius 3 is 2.59 bits per heavy atom. The highest BCUT2D eigenvalue weighted by molar-refractivity contribution is 9.10. The molecule has 2 nitrogen and oxygen atoms in total. The maximum absolute atomic E-state index is 13.3. The highest BCUT2D eigenvalue weighted by Crippen LogP contribution is 2.25. The van der Waals surface area contributed by atoms with Crippen LogP contribution in [0.2, 0.25) is 0 Å². The molecule has 5 heteroatoms. The van der Waals surface area contributed by atoms with Crippen molar-refractivity contribution in [3.05, 3.63) is 52.1 Å². The van der Waals surface area contributed by atoms with E-state index in [1.807, 2.05) is 0 Å². The number of nitrogens with zero attached hydrogens (tertiary/aromatic N) is 1. The van der Waals surface area contributed by atoms with Gasteiger partial charge in [-0.15, -0.1) is 0 Å². The van der Waals surface area contributed by atoms with Crippen LogP contribution in [0.5, 0.6) is 11.6 Å². The van der Waals surface area contributed by atoms with E-state index in [9.17, 15) is 8.78 Å². The number of hydrogen-bond donors (Lipinski definition) is 0. The quantitative estimate of drug-likeness (QED) is 0.828. The largest absolute Gasteiger partial charge is 0.436 e. The lowest BCUT2D eigenvalue weighted by Crippen LogP contribution is -1.93. The maximum atomic E-state index is 13.3. The molecule has 2 rings (SSSR count). The summed E-state index contributed by atoms with van der Waals surface area (Å²) in [5, 5.41) is 0. The van der Waals surface area contributed by atoms with E-state index in [0.717, 1.165) is 22.3 Å². The summed E-state index contributed by atoms with van der Waals surface area (Å²) in [7, 11) is 0. The lowest BCUT2D eigenvalue weighted by molar-refractivity contribution is 0.422. The normalized spacial score (nSPS) is 10.4. The molecule has 0 bridgehead atoms. The number of ether oxygens (including phenoxy) is 1. The van der Waals surface area contributed by atoms with Gasteiger partial charge in [-0.25, -0.2) is 13.8 Å². The fraction of sp³-hybridized carbons (Fsp3) is 0.0833. The van der Waals surface area contributed by atoms with E-state index in [2.05, 4.69) is 20.9 Å². The summed E-state index contributed by atoms with van der Waals surface area (Å²) in [6.07, 6.45) is 0. The van der Waals surface area contributed by atoms with E-state index >= 15 is 0 Å². The van der Waals surface area contributed by atoms with Crippen LogP contribution in [0.25, 0.3) is 0 Å². The van der Waals surface area contributed by atoms with Crippen molar-refractivity contribution >= 4 is 15.9 Å². The van der Waals surface area contributed by atoms with Gasteiger partial charge in [0.15, 0.2) is 11.6 Å². The molecule has 0 aliphatic rings. The number of aryl methyl sites for hydroxylation is 1. The van der Waals surface area contributed by atoms with Gasteiger partial charge in [0.1, 0.15) is 5.82 Å². The number of benzene rings is 1. The van der Waals surface area contributed by atoms with Gasteiger partial charge >= 0.3 is 0 Å². The number of aromatic nitrogens is 1. The molecule has 0 saturated carbocycles. The molecule has 0 radical (unpaired) electrons. The Morgan fingerprint density at radius 2 is 1.94 bits per heavy atom. The standard InChI is InChI=1S/C12H8BrF2NO/c1-7-9(13)3-5-12(16-7)17-11-4-2-8(14)6-10(11)15/h2-6H,1H3. The second-order valence-electron chi connectivity index (χ2n) is 3.39. The lowest BCUT2D eigenvalue weighted by Gasteiger charge is -2.07. The molecule has 1 heterocycles. The lowest BCUT2D eigenvalue weighted by atomic mass is 10.3. The van der Waals surface area contributed by atoms with E-state index in [1.54, 1.807) is 19.1 Å². The van der Waals surface area contributed by atoms with Crippen LogP contribution in [0.15, 0.2) is 34.8 Å². The third-order valence-corrected chi connectivity index (χ3v) is 2.94. The summed E-state index contributed by atoms with van der Waals surface area (Å²) < 4.78 is 32.1. The Hall–Kier alpha value is -1.49. The number of pyridine rings is 1. The van der Waals surface area contributed by atoms with E-state index in [1.165, 1.54) is 6.07 Å². The molecule has 2 aromatic rings. The number of hydrogen-bond acceptors (Lipinski definition) is 2. The molecule has 0 spiro atoms. The third kappa shape index (κ3) is 2.79. The van der Waals surface area contributed by atoms with Crippen LogP contribution in [0.1, 0.15) is 5.69 Å². The second kappa shape index (κ2) is 4.79. The molecule has 0 atom stereocenters. The minimum absolute atomic E-state index is 0.0550. The summed E-state index contributed by atoms with van der Waals surface area (Å²) in [5.74, 6) is -1.20. The van der Waals surface area contributed by atoms with Crippen molar-refractivity contribution in [2.24, 2.45) is 0 Å². The molecule has 0 N–H and O–H groups in total. The highest BCUT2D eigenvalue weighted by Gasteiger charge is 2.07. The summed E-state index contributed by atoms with van der Waals surface area (Å²) >= 11 is 3.30. The maximum Gasteiger partial charge on any atom is 0.219 e. The van der Waals surface area contributed by atoms with Gasteiger partial charge in [0.2, 0.25) is 5.88 Å². The minimum Gasteiger partial charge on any atom is -0.436 e. The zero-order valence-electron chi connectivity index (χ0n) is 8.88. The fourth-order valence-corrected chi connectivity index (χ4v) is 1.47. The molecule has 1 aromatic heterocycles. The van der Waals surface area contributed by atoms with E-state index in [-0.39, 0.29) is 11.6 Å². The van der Waals surface area contributed by atoms with Crippen LogP contribution in [-0.2, 0) is 0 Å². The first-order valence-corrected chi connectivity index (χ1v) is 5.61. The van der Waals surface area contributed by atoms with Gasteiger partial charge in [-0.1, -0.05) is 0 Å². The summed E-state index contributed by atoms with van der Waals surface area (Å²) in [6.45, 7) is 1.79. The predicted octanol–water partition coefficient (Wildman–Crippen LogP) is 4.22. The molecular weight excluding hydrogens is 292 g/mol. The van der Waals surface area contributed by atoms with Crippen LogP contribution >= 0.6 is 15.9 Å². The van der Waals surface area contributed by atoms with Crippen LogP contribution in [0.4, 0.5) is 8.78 Å². The van der Waals surface area contributed by atoms with Gasteiger partial charge in [-0.05, 0) is 41.1 Å². The van der Waals surface area contributed by atoms with Gasteiger partial charge < -0.3 is 4.74 Å². The molecule has 17 heavy (non-hydrogen) atoms. The Balaban J connectivity index is 2.28. The van der Waals surface area contributed by atoms with Crippen LogP contribution in [0, 0.1) is 18.6 Å². The molecule has 88 valence electrons. The van der Waals surface area contributed by atoms with Gasteiger partial charge in [-0.2, -0.15) is 0 Å². The zero-order valence-corrected chi connectivity index (χ0v) is 10.5. The summed E-state index contributed by atoms with van der Waals surface area (Å²) in [6, 6.07) is 6.47. The van der Waals surface area contributed by atoms with E-state index < -0.39 is 11.6 Å². The third-order valence-electron chi connectivity index (χ3n) is 2.10. The zero-order chi connectivity index (χ0) is 12.4. The minimum atomic E-state index is -0.757. The second-order valence-corrected chi connectivity index (χ2v) is 4.25. The molecule has 0 fully saturated rings. The SMILES string of the molecule is Cc1nc(Oc2ccc(F)cc2F)ccc1Br. The Morgan fingerprint density at radius 1 is 1.18 bits per heavy atom. The Labute approximate surface area is 105 Å². The van der Waals surface area contributed by atoms with Crippen molar-refractivity contribution < 1.29 is 13.5 Å². The van der Waals surface area contributed by atoms with Crippen molar-refractivity contribution in [1.29, 1.82) is 0 Å². The molecule has 0 amide bonds. The Bertz CT molecular complexity index is 560. The smallest absolute Gasteiger partial charge is 0.219 e. The average molecular weight is 300 g/mol. The van der Waals surface area contributed by atoms with Gasteiger partial charge in [0.25, 0.3) is 0 Å². The number of halogens is 3. The van der Waals surface area contributed by atoms with Gasteiger partial charge in [0.05, 0.1) is 5.69 Å². The summed E-state index contributed by atoms with van der Waals surface area (Å²) in [5.41, 5.74) is 0.727. The summed E-state index contributed by atoms with van der Waals surface area (Å²) in [4.78, 5) is 4.10. The molecule has 0 unspecified atom stereocenters. The monoisotopic (exact) mass is 299 g/mol. The fourth-order valence-electron chi connectivity index (χ4n) is 1.25. The Kier molecular flexibility index (Phi) is 3.38. The van der Waals surface area contributed by atoms with Crippen molar-refractivity contribution in [2.75, 3.05) is 0 Å². The van der Waals surface area contributed by atoms with Gasteiger partial charge in [-0.3, -0.25) is 0 Å².